The molecule has 0 spiro atoms. The van der Waals surface area contributed by atoms with Crippen molar-refractivity contribution in [1.29, 1.82) is 0 Å². The maximum atomic E-state index is 13.7. The van der Waals surface area contributed by atoms with Gasteiger partial charge in [-0.15, -0.1) is 0 Å². The van der Waals surface area contributed by atoms with Crippen molar-refractivity contribution < 1.29 is 19.5 Å². The van der Waals surface area contributed by atoms with Gasteiger partial charge in [0.05, 0.1) is 18.2 Å². The lowest BCUT2D eigenvalue weighted by Gasteiger charge is -2.28. The Morgan fingerprint density at radius 3 is 2.50 bits per heavy atom. The summed E-state index contributed by atoms with van der Waals surface area (Å²) in [6.07, 6.45) is 7.21. The number of benzene rings is 2. The number of nitrogens with zero attached hydrogens (tertiary/aromatic N) is 1. The van der Waals surface area contributed by atoms with Crippen molar-refractivity contribution in [1.82, 2.24) is 16.0 Å². The van der Waals surface area contributed by atoms with Crippen LogP contribution >= 0.6 is 0 Å². The maximum Gasteiger partial charge on any atom is 0.251 e. The van der Waals surface area contributed by atoms with Crippen LogP contribution in [0.5, 0.6) is 0 Å². The predicted octanol–water partition coefficient (Wildman–Crippen LogP) is 3.76. The van der Waals surface area contributed by atoms with Gasteiger partial charge in [-0.1, -0.05) is 56.5 Å². The van der Waals surface area contributed by atoms with Crippen LogP contribution in [0.3, 0.4) is 0 Å². The minimum absolute atomic E-state index is 0.0547. The fourth-order valence-electron chi connectivity index (χ4n) is 5.70. The Hall–Kier alpha value is -3.43. The Bertz CT molecular complexity index is 1180. The average molecular weight is 578 g/mol. The fraction of sp³-hybridized carbons (Fsp3) is 0.545. The molecule has 1 heterocycles. The molecule has 1 saturated carbocycles. The summed E-state index contributed by atoms with van der Waals surface area (Å²) in [4.78, 5) is 40.6. The molecule has 9 heteroatoms. The summed E-state index contributed by atoms with van der Waals surface area (Å²) in [5, 5.41) is 24.0. The van der Waals surface area contributed by atoms with E-state index in [4.69, 9.17) is 0 Å². The third kappa shape index (κ3) is 9.03. The standard InChI is InChI=1S/C33H47N5O4/c1-3-16-34-27-19-25(20-28(21-27)38-17-10-15-31(38)40)33(42)37-29(18-24-11-6-4-7-12-24)30(39)22-35-23(2)32(41)36-26-13-8-5-9-14-26/h4,6-7,11-12,19-21,23,26,29-30,34-35,39H,3,5,8-10,13-18,22H2,1-2H3,(H,36,41)(H,37,42)/t23-,29-,30+/m0/s1. The van der Waals surface area contributed by atoms with Gasteiger partial charge in [0.15, 0.2) is 0 Å². The molecule has 2 aromatic rings. The molecule has 228 valence electrons. The van der Waals surface area contributed by atoms with Crippen molar-refractivity contribution in [2.24, 2.45) is 0 Å². The van der Waals surface area contributed by atoms with Crippen molar-refractivity contribution in [2.45, 2.75) is 95.9 Å². The number of anilines is 2. The van der Waals surface area contributed by atoms with Crippen molar-refractivity contribution in [3.63, 3.8) is 0 Å². The highest BCUT2D eigenvalue weighted by Crippen LogP contribution is 2.27. The Balaban J connectivity index is 1.46. The number of carbonyl (C=O) groups is 3. The monoisotopic (exact) mass is 577 g/mol. The third-order valence-electron chi connectivity index (χ3n) is 8.20. The fourth-order valence-corrected chi connectivity index (χ4v) is 5.70. The number of amides is 3. The molecule has 1 aliphatic carbocycles. The van der Waals surface area contributed by atoms with E-state index in [-0.39, 0.29) is 30.3 Å². The van der Waals surface area contributed by atoms with Gasteiger partial charge < -0.3 is 31.3 Å². The molecule has 1 saturated heterocycles. The van der Waals surface area contributed by atoms with Gasteiger partial charge in [-0.05, 0) is 62.8 Å². The molecule has 42 heavy (non-hydrogen) atoms. The van der Waals surface area contributed by atoms with Crippen molar-refractivity contribution >= 4 is 29.1 Å². The molecule has 5 N–H and O–H groups in total. The van der Waals surface area contributed by atoms with E-state index in [0.29, 0.717) is 30.6 Å². The van der Waals surface area contributed by atoms with Crippen LogP contribution < -0.4 is 26.2 Å². The first kappa shape index (κ1) is 31.5. The first-order valence-electron chi connectivity index (χ1n) is 15.6. The Morgan fingerprint density at radius 2 is 1.81 bits per heavy atom. The van der Waals surface area contributed by atoms with Crippen LogP contribution in [0.15, 0.2) is 48.5 Å². The van der Waals surface area contributed by atoms with E-state index in [1.165, 1.54) is 6.42 Å². The van der Waals surface area contributed by atoms with Crippen molar-refractivity contribution in [3.05, 3.63) is 59.7 Å². The second-order valence-corrected chi connectivity index (χ2v) is 11.7. The first-order chi connectivity index (χ1) is 20.3. The highest BCUT2D eigenvalue weighted by atomic mass is 16.3. The van der Waals surface area contributed by atoms with Crippen LogP contribution in [0.1, 0.15) is 81.1 Å². The van der Waals surface area contributed by atoms with Gasteiger partial charge in [-0.3, -0.25) is 14.4 Å². The molecule has 0 unspecified atom stereocenters. The molecule has 0 bridgehead atoms. The second kappa shape index (κ2) is 15.7. The molecule has 1 aliphatic heterocycles. The van der Waals surface area contributed by atoms with E-state index < -0.39 is 18.2 Å². The smallest absolute Gasteiger partial charge is 0.251 e. The molecule has 4 rings (SSSR count). The lowest BCUT2D eigenvalue weighted by atomic mass is 9.95. The number of hydrogen-bond acceptors (Lipinski definition) is 6. The number of carbonyl (C=O) groups excluding carboxylic acids is 3. The van der Waals surface area contributed by atoms with Crippen LogP contribution in [0, 0.1) is 0 Å². The minimum Gasteiger partial charge on any atom is -0.390 e. The number of nitrogens with one attached hydrogen (secondary N) is 4. The van der Waals surface area contributed by atoms with Crippen LogP contribution in [0.25, 0.3) is 0 Å². The van der Waals surface area contributed by atoms with Crippen LogP contribution in [0.2, 0.25) is 0 Å². The maximum absolute atomic E-state index is 13.7. The van der Waals surface area contributed by atoms with E-state index in [2.05, 4.69) is 28.2 Å². The number of rotatable bonds is 14. The third-order valence-corrected chi connectivity index (χ3v) is 8.20. The zero-order valence-electron chi connectivity index (χ0n) is 25.0. The minimum atomic E-state index is -0.944. The summed E-state index contributed by atoms with van der Waals surface area (Å²) in [7, 11) is 0. The lowest BCUT2D eigenvalue weighted by Crippen LogP contribution is -2.53. The van der Waals surface area contributed by atoms with Crippen molar-refractivity contribution in [3.8, 4) is 0 Å². The molecule has 3 atom stereocenters. The van der Waals surface area contributed by atoms with E-state index in [0.717, 1.165) is 56.3 Å². The molecule has 9 nitrogen and oxygen atoms in total. The summed E-state index contributed by atoms with van der Waals surface area (Å²) in [6, 6.07) is 14.3. The molecule has 3 amide bonds. The van der Waals surface area contributed by atoms with E-state index in [1.54, 1.807) is 24.0 Å². The summed E-state index contributed by atoms with van der Waals surface area (Å²) < 4.78 is 0. The summed E-state index contributed by atoms with van der Waals surface area (Å²) in [6.45, 7) is 5.38. The van der Waals surface area contributed by atoms with Gasteiger partial charge in [-0.25, -0.2) is 0 Å². The predicted molar refractivity (Wildman–Crippen MR) is 167 cm³/mol. The number of hydrogen-bond donors (Lipinski definition) is 5. The highest BCUT2D eigenvalue weighted by molar-refractivity contribution is 6.00. The van der Waals surface area contributed by atoms with E-state index in [1.807, 2.05) is 36.4 Å². The second-order valence-electron chi connectivity index (χ2n) is 11.7. The van der Waals surface area contributed by atoms with Gasteiger partial charge >= 0.3 is 0 Å². The quantitative estimate of drug-likeness (QED) is 0.233. The molecule has 2 aromatic carbocycles. The molecule has 0 aromatic heterocycles. The van der Waals surface area contributed by atoms with Crippen molar-refractivity contribution in [2.75, 3.05) is 29.9 Å². The summed E-state index contributed by atoms with van der Waals surface area (Å²) >= 11 is 0. The molecular formula is C33H47N5O4. The van der Waals surface area contributed by atoms with Gasteiger partial charge in [0.25, 0.3) is 5.91 Å². The van der Waals surface area contributed by atoms with Crippen LogP contribution in [-0.2, 0) is 16.0 Å². The largest absolute Gasteiger partial charge is 0.390 e. The molecule has 2 fully saturated rings. The summed E-state index contributed by atoms with van der Waals surface area (Å²) in [5.74, 6) is -0.344. The molecular weight excluding hydrogens is 530 g/mol. The first-order valence-corrected chi connectivity index (χ1v) is 15.6. The normalized spacial score (nSPS) is 17.9. The lowest BCUT2D eigenvalue weighted by molar-refractivity contribution is -0.123. The van der Waals surface area contributed by atoms with Crippen LogP contribution in [-0.4, -0.2) is 66.7 Å². The SMILES string of the molecule is CCCNc1cc(C(=O)N[C@@H](Cc2ccccc2)[C@H](O)CN[C@@H](C)C(=O)NC2CCCCC2)cc(N2CCCC2=O)c1. The summed E-state index contributed by atoms with van der Waals surface area (Å²) in [5.41, 5.74) is 2.87. The Labute approximate surface area is 249 Å². The Morgan fingerprint density at radius 1 is 1.05 bits per heavy atom. The number of aliphatic hydroxyl groups excluding tert-OH is 1. The van der Waals surface area contributed by atoms with Crippen LogP contribution in [0.4, 0.5) is 11.4 Å². The zero-order chi connectivity index (χ0) is 29.9. The molecule has 2 aliphatic rings. The topological polar surface area (TPSA) is 123 Å². The van der Waals surface area contributed by atoms with E-state index >= 15 is 0 Å². The van der Waals surface area contributed by atoms with Gasteiger partial charge in [-0.2, -0.15) is 0 Å². The van der Waals surface area contributed by atoms with Gasteiger partial charge in [0.1, 0.15) is 0 Å². The van der Waals surface area contributed by atoms with E-state index in [9.17, 15) is 19.5 Å². The number of aliphatic hydroxyl groups is 1. The average Bonchev–Trinajstić information content (AvgIpc) is 3.44. The Kier molecular flexibility index (Phi) is 11.8. The highest BCUT2D eigenvalue weighted by Gasteiger charge is 2.27. The van der Waals surface area contributed by atoms with Gasteiger partial charge in [0, 0.05) is 49.0 Å². The zero-order valence-corrected chi connectivity index (χ0v) is 25.0. The van der Waals surface area contributed by atoms with Gasteiger partial charge in [0.2, 0.25) is 11.8 Å². The molecule has 0 radical (unpaired) electrons.